The standard InChI is InChI=1S/C18H20FN5O2/c1-18(8-26-9-18)23-17-21-6-11-15(22-17)12(7-24(2)16(11)20)10-3-4-13(19)14(25)5-10/h3-7,16,25H,8-9,20H2,1-2H3,(H,21,22,23). The molecule has 0 bridgehead atoms. The number of anilines is 1. The van der Waals surface area contributed by atoms with Crippen LogP contribution < -0.4 is 11.1 Å². The maximum atomic E-state index is 13.4. The third-order valence-electron chi connectivity index (χ3n) is 4.67. The molecule has 0 saturated carbocycles. The van der Waals surface area contributed by atoms with E-state index in [1.165, 1.54) is 12.1 Å². The maximum Gasteiger partial charge on any atom is 0.223 e. The van der Waals surface area contributed by atoms with Crippen molar-refractivity contribution >= 4 is 11.5 Å². The fourth-order valence-corrected chi connectivity index (χ4v) is 3.09. The predicted octanol–water partition coefficient (Wildman–Crippen LogP) is 1.81. The highest BCUT2D eigenvalue weighted by molar-refractivity contribution is 5.81. The number of aromatic nitrogens is 2. The quantitative estimate of drug-likeness (QED) is 0.771. The van der Waals surface area contributed by atoms with Crippen LogP contribution in [0.5, 0.6) is 5.75 Å². The van der Waals surface area contributed by atoms with Crippen molar-refractivity contribution in [2.45, 2.75) is 18.6 Å². The molecule has 1 saturated heterocycles. The Morgan fingerprint density at radius 2 is 2.19 bits per heavy atom. The molecule has 0 spiro atoms. The van der Waals surface area contributed by atoms with Crippen LogP contribution in [-0.4, -0.2) is 45.8 Å². The van der Waals surface area contributed by atoms with Crippen molar-refractivity contribution in [2.75, 3.05) is 25.6 Å². The highest BCUT2D eigenvalue weighted by Gasteiger charge is 2.34. The zero-order valence-corrected chi connectivity index (χ0v) is 14.5. The second kappa shape index (κ2) is 5.93. The number of hydrogen-bond donors (Lipinski definition) is 3. The van der Waals surface area contributed by atoms with Crippen molar-refractivity contribution in [1.82, 2.24) is 14.9 Å². The molecule has 1 atom stereocenters. The van der Waals surface area contributed by atoms with Gasteiger partial charge in [0.1, 0.15) is 6.17 Å². The van der Waals surface area contributed by atoms with Gasteiger partial charge in [0.05, 0.1) is 24.4 Å². The maximum absolute atomic E-state index is 13.4. The third-order valence-corrected chi connectivity index (χ3v) is 4.67. The van der Waals surface area contributed by atoms with Crippen LogP contribution in [0, 0.1) is 5.82 Å². The molecule has 136 valence electrons. The Morgan fingerprint density at radius 3 is 2.85 bits per heavy atom. The Morgan fingerprint density at radius 1 is 1.42 bits per heavy atom. The Bertz CT molecular complexity index is 897. The zero-order chi connectivity index (χ0) is 18.5. The largest absolute Gasteiger partial charge is 0.505 e. The number of halogens is 1. The second-order valence-electron chi connectivity index (χ2n) is 7.00. The Hall–Kier alpha value is -2.71. The van der Waals surface area contributed by atoms with Gasteiger partial charge in [0.2, 0.25) is 5.95 Å². The lowest BCUT2D eigenvalue weighted by Gasteiger charge is -2.39. The van der Waals surface area contributed by atoms with Gasteiger partial charge in [-0.05, 0) is 24.6 Å². The molecule has 1 unspecified atom stereocenters. The van der Waals surface area contributed by atoms with Crippen LogP contribution in [-0.2, 0) is 4.74 Å². The first kappa shape index (κ1) is 16.7. The first-order chi connectivity index (χ1) is 12.4. The average Bonchev–Trinajstić information content (AvgIpc) is 2.59. The number of phenolic OH excluding ortho intramolecular Hbond substituents is 1. The van der Waals surface area contributed by atoms with Crippen LogP contribution >= 0.6 is 0 Å². The van der Waals surface area contributed by atoms with Crippen molar-refractivity contribution in [1.29, 1.82) is 0 Å². The molecule has 4 N–H and O–H groups in total. The third kappa shape index (κ3) is 2.77. The number of hydrogen-bond acceptors (Lipinski definition) is 7. The number of aromatic hydroxyl groups is 1. The summed E-state index contributed by atoms with van der Waals surface area (Å²) >= 11 is 0. The summed E-state index contributed by atoms with van der Waals surface area (Å²) in [6.07, 6.45) is 3.15. The Labute approximate surface area is 150 Å². The summed E-state index contributed by atoms with van der Waals surface area (Å²) in [5.41, 5.74) is 8.85. The van der Waals surface area contributed by atoms with Crippen LogP contribution in [0.1, 0.15) is 29.9 Å². The summed E-state index contributed by atoms with van der Waals surface area (Å²) in [7, 11) is 1.84. The molecule has 26 heavy (non-hydrogen) atoms. The number of fused-ring (bicyclic) bond motifs is 1. The summed E-state index contributed by atoms with van der Waals surface area (Å²) in [6, 6.07) is 4.21. The summed E-state index contributed by atoms with van der Waals surface area (Å²) in [5.74, 6) is -0.601. The second-order valence-corrected chi connectivity index (χ2v) is 7.00. The van der Waals surface area contributed by atoms with Gasteiger partial charge >= 0.3 is 0 Å². The number of rotatable bonds is 3. The minimum atomic E-state index is -0.668. The summed E-state index contributed by atoms with van der Waals surface area (Å²) in [6.45, 7) is 3.21. The molecular formula is C18H20FN5O2. The summed E-state index contributed by atoms with van der Waals surface area (Å²) in [4.78, 5) is 10.9. The predicted molar refractivity (Wildman–Crippen MR) is 94.7 cm³/mol. The lowest BCUT2D eigenvalue weighted by molar-refractivity contribution is -0.0322. The van der Waals surface area contributed by atoms with Gasteiger partial charge in [-0.3, -0.25) is 0 Å². The molecular weight excluding hydrogens is 337 g/mol. The van der Waals surface area contributed by atoms with Crippen LogP contribution in [0.2, 0.25) is 0 Å². The molecule has 2 aromatic rings. The topological polar surface area (TPSA) is 96.5 Å². The zero-order valence-electron chi connectivity index (χ0n) is 14.5. The van der Waals surface area contributed by atoms with E-state index < -0.39 is 11.6 Å². The van der Waals surface area contributed by atoms with E-state index in [2.05, 4.69) is 15.3 Å². The van der Waals surface area contributed by atoms with Crippen molar-refractivity contribution in [3.05, 3.63) is 53.2 Å². The molecule has 0 radical (unpaired) electrons. The smallest absolute Gasteiger partial charge is 0.223 e. The number of phenols is 1. The molecule has 4 rings (SSSR count). The molecule has 2 aliphatic rings. The van der Waals surface area contributed by atoms with E-state index >= 15 is 0 Å². The van der Waals surface area contributed by atoms with Gasteiger partial charge in [-0.15, -0.1) is 0 Å². The van der Waals surface area contributed by atoms with Crippen molar-refractivity contribution < 1.29 is 14.2 Å². The number of nitrogens with two attached hydrogens (primary N) is 1. The van der Waals surface area contributed by atoms with Crippen LogP contribution in [0.25, 0.3) is 5.57 Å². The fourth-order valence-electron chi connectivity index (χ4n) is 3.09. The van der Waals surface area contributed by atoms with E-state index in [-0.39, 0.29) is 11.7 Å². The summed E-state index contributed by atoms with van der Waals surface area (Å²) < 4.78 is 18.7. The van der Waals surface area contributed by atoms with Gasteiger partial charge in [0.15, 0.2) is 11.6 Å². The first-order valence-electron chi connectivity index (χ1n) is 8.28. The molecule has 8 heteroatoms. The van der Waals surface area contributed by atoms with Crippen LogP contribution in [0.3, 0.4) is 0 Å². The van der Waals surface area contributed by atoms with Crippen molar-refractivity contribution in [3.8, 4) is 5.75 Å². The number of benzene rings is 1. The fraction of sp³-hybridized carbons (Fsp3) is 0.333. The SMILES string of the molecule is CN1C=C(c2ccc(F)c(O)c2)c2nc(NC3(C)COC3)ncc2C1N. The van der Waals surface area contributed by atoms with E-state index in [0.29, 0.717) is 30.4 Å². The first-order valence-corrected chi connectivity index (χ1v) is 8.28. The Balaban J connectivity index is 1.78. The van der Waals surface area contributed by atoms with Gasteiger partial charge in [0, 0.05) is 30.6 Å². The van der Waals surface area contributed by atoms with Crippen LogP contribution in [0.4, 0.5) is 10.3 Å². The van der Waals surface area contributed by atoms with Crippen LogP contribution in [0.15, 0.2) is 30.6 Å². The normalized spacial score (nSPS) is 20.8. The molecule has 2 aliphatic heterocycles. The monoisotopic (exact) mass is 357 g/mol. The van der Waals surface area contributed by atoms with Gasteiger partial charge in [-0.1, -0.05) is 6.07 Å². The summed E-state index contributed by atoms with van der Waals surface area (Å²) in [5, 5.41) is 13.0. The van der Waals surface area contributed by atoms with E-state index in [4.69, 9.17) is 10.5 Å². The molecule has 1 aromatic carbocycles. The average molecular weight is 357 g/mol. The van der Waals surface area contributed by atoms with Crippen molar-refractivity contribution in [3.63, 3.8) is 0 Å². The van der Waals surface area contributed by atoms with E-state index in [0.717, 1.165) is 11.1 Å². The molecule has 1 fully saturated rings. The number of ether oxygens (including phenoxy) is 1. The van der Waals surface area contributed by atoms with E-state index in [9.17, 15) is 9.50 Å². The minimum absolute atomic E-state index is 0.195. The van der Waals surface area contributed by atoms with Gasteiger partial charge in [-0.25, -0.2) is 14.4 Å². The molecule has 0 aliphatic carbocycles. The van der Waals surface area contributed by atoms with E-state index in [1.807, 2.05) is 25.1 Å². The van der Waals surface area contributed by atoms with E-state index in [1.54, 1.807) is 12.3 Å². The minimum Gasteiger partial charge on any atom is -0.505 e. The lowest BCUT2D eigenvalue weighted by atomic mass is 9.95. The molecule has 3 heterocycles. The molecule has 7 nitrogen and oxygen atoms in total. The highest BCUT2D eigenvalue weighted by Crippen LogP contribution is 2.36. The van der Waals surface area contributed by atoms with Crippen molar-refractivity contribution in [2.24, 2.45) is 5.73 Å². The van der Waals surface area contributed by atoms with Gasteiger partial charge in [-0.2, -0.15) is 0 Å². The number of nitrogens with zero attached hydrogens (tertiary/aromatic N) is 3. The number of nitrogens with one attached hydrogen (secondary N) is 1. The lowest BCUT2D eigenvalue weighted by Crippen LogP contribution is -2.53. The molecule has 1 aromatic heterocycles. The Kier molecular flexibility index (Phi) is 3.82. The molecule has 0 amide bonds. The van der Waals surface area contributed by atoms with Gasteiger partial charge in [0.25, 0.3) is 0 Å². The van der Waals surface area contributed by atoms with Gasteiger partial charge < -0.3 is 25.8 Å². The highest BCUT2D eigenvalue weighted by atomic mass is 19.1.